The molecule has 0 radical (unpaired) electrons. The van der Waals surface area contributed by atoms with Gasteiger partial charge in [0, 0.05) is 157 Å². The number of pyridine rings is 6. The molecule has 1 atom stereocenters. The predicted octanol–water partition coefficient (Wildman–Crippen LogP) is 10.2. The zero-order valence-corrected chi connectivity index (χ0v) is 77.4. The quantitative estimate of drug-likeness (QED) is 0.0250. The molecule has 3 aliphatic rings. The minimum Gasteiger partial charge on any atom is -0.490 e. The smallest absolute Gasteiger partial charge is 0.433 e. The Morgan fingerprint density at radius 3 is 0.973 bits per heavy atom. The van der Waals surface area contributed by atoms with E-state index in [2.05, 4.69) is 122 Å². The van der Waals surface area contributed by atoms with E-state index < -0.39 is 88.9 Å². The summed E-state index contributed by atoms with van der Waals surface area (Å²) in [5.41, 5.74) is 21.2. The molecule has 19 heterocycles. The number of hydrogen-bond donors (Lipinski definition) is 11. The Kier molecular flexibility index (Phi) is 31.7. The van der Waals surface area contributed by atoms with Gasteiger partial charge in [0.2, 0.25) is 0 Å². The number of ether oxygens (including phenoxy) is 6. The van der Waals surface area contributed by atoms with Gasteiger partial charge >= 0.3 is 30.9 Å². The number of halogens is 15. The Balaban J connectivity index is 0.000000139. The van der Waals surface area contributed by atoms with Gasteiger partial charge in [-0.1, -0.05) is 0 Å². The first-order chi connectivity index (χ1) is 70.9. The van der Waals surface area contributed by atoms with Gasteiger partial charge in [0.1, 0.15) is 139 Å². The molecule has 19 rings (SSSR count). The van der Waals surface area contributed by atoms with Gasteiger partial charge in [-0.25, -0.2) is 47.5 Å². The first kappa shape index (κ1) is 105. The summed E-state index contributed by atoms with van der Waals surface area (Å²) in [7, 11) is 5.75. The lowest BCUT2D eigenvalue weighted by atomic mass is 10.2. The number of morpholine rings is 1. The van der Waals surface area contributed by atoms with Crippen molar-refractivity contribution < 1.29 is 118 Å². The molecule has 0 saturated carbocycles. The summed E-state index contributed by atoms with van der Waals surface area (Å²) < 4.78 is 234. The number of rotatable bonds is 24. The predicted molar refractivity (Wildman–Crippen MR) is 498 cm³/mol. The molecule has 0 spiro atoms. The van der Waals surface area contributed by atoms with Gasteiger partial charge in [-0.15, -0.1) is 25.5 Å². The maximum absolute atomic E-state index is 13.0. The third-order valence-electron chi connectivity index (χ3n) is 21.4. The van der Waals surface area contributed by atoms with Crippen LogP contribution in [0.5, 0.6) is 34.5 Å². The van der Waals surface area contributed by atoms with E-state index in [9.17, 15) is 89.8 Å². The lowest BCUT2D eigenvalue weighted by Crippen LogP contribution is -2.50. The number of nitrogens with zero attached hydrogens (tertiary/aromatic N) is 24. The molecule has 3 aliphatic heterocycles. The molecular formula is C88H82F15N35O11. The van der Waals surface area contributed by atoms with Crippen molar-refractivity contribution in [3.63, 3.8) is 0 Å². The highest BCUT2D eigenvalue weighted by Gasteiger charge is 2.40. The lowest BCUT2D eigenvalue weighted by Gasteiger charge is -2.28. The molecule has 16 N–H and O–H groups in total. The van der Waals surface area contributed by atoms with Crippen molar-refractivity contribution in [3.8, 4) is 34.5 Å². The first-order valence-electron chi connectivity index (χ1n) is 43.7. The highest BCUT2D eigenvalue weighted by Crippen LogP contribution is 2.39. The van der Waals surface area contributed by atoms with Crippen molar-refractivity contribution in [1.82, 2.24) is 123 Å². The van der Waals surface area contributed by atoms with Crippen LogP contribution in [-0.4, -0.2) is 259 Å². The number of nitrogen functional groups attached to an aromatic ring is 5. The zero-order chi connectivity index (χ0) is 107. The largest absolute Gasteiger partial charge is 0.490 e. The monoisotopic (exact) mass is 2090 g/mol. The molecule has 780 valence electrons. The number of amides is 5. The first-order valence-corrected chi connectivity index (χ1v) is 43.7. The molecule has 16 aromatic heterocycles. The van der Waals surface area contributed by atoms with Crippen molar-refractivity contribution in [2.45, 2.75) is 49.5 Å². The van der Waals surface area contributed by atoms with Crippen molar-refractivity contribution in [3.05, 3.63) is 234 Å². The Bertz CT molecular complexity index is 7550. The second-order valence-electron chi connectivity index (χ2n) is 32.3. The molecule has 16 aromatic rings. The van der Waals surface area contributed by atoms with Gasteiger partial charge in [-0.05, 0) is 70.0 Å². The van der Waals surface area contributed by atoms with E-state index in [0.717, 1.165) is 116 Å². The second-order valence-corrected chi connectivity index (χ2v) is 32.3. The van der Waals surface area contributed by atoms with Crippen LogP contribution >= 0.6 is 0 Å². The van der Waals surface area contributed by atoms with Crippen LogP contribution in [0.1, 0.15) is 86.7 Å². The normalized spacial score (nSPS) is 14.1. The number of likely N-dealkylation sites (tertiary alicyclic amines) is 1. The van der Waals surface area contributed by atoms with Crippen LogP contribution in [0.4, 0.5) is 123 Å². The van der Waals surface area contributed by atoms with E-state index in [1.807, 2.05) is 26.0 Å². The van der Waals surface area contributed by atoms with Crippen LogP contribution < -0.4 is 84.3 Å². The number of alkyl halides is 15. The molecule has 0 aromatic carbocycles. The van der Waals surface area contributed by atoms with Crippen LogP contribution in [0, 0.1) is 0 Å². The molecule has 46 nitrogen and oxygen atoms in total. The summed E-state index contributed by atoms with van der Waals surface area (Å²) in [5, 5.41) is 35.1. The van der Waals surface area contributed by atoms with Crippen molar-refractivity contribution >= 4 is 115 Å². The van der Waals surface area contributed by atoms with Crippen LogP contribution in [-0.2, 0) is 35.6 Å². The van der Waals surface area contributed by atoms with Gasteiger partial charge in [0.05, 0.1) is 44.2 Å². The summed E-state index contributed by atoms with van der Waals surface area (Å²) in [5.74, 6) is -3.00. The fourth-order valence-corrected chi connectivity index (χ4v) is 14.1. The number of carbonyl (C=O) groups is 5. The number of hydrogen-bond acceptors (Lipinski definition) is 36. The molecule has 0 bridgehead atoms. The van der Waals surface area contributed by atoms with E-state index in [1.54, 1.807) is 36.4 Å². The number of likely N-dealkylation sites (N-methyl/N-ethyl adjacent to an activating group) is 2. The summed E-state index contributed by atoms with van der Waals surface area (Å²) in [6.07, 6.45) is -0.124. The van der Waals surface area contributed by atoms with Crippen LogP contribution in [0.25, 0.3) is 28.2 Å². The van der Waals surface area contributed by atoms with Crippen LogP contribution in [0.2, 0.25) is 0 Å². The number of anilines is 10. The minimum atomic E-state index is -4.69. The van der Waals surface area contributed by atoms with Gasteiger partial charge < -0.3 is 98.8 Å². The number of carbonyl (C=O) groups excluding carboxylic acids is 5. The number of fused-ring (bicyclic) bond motifs is 5. The molecule has 3 saturated heterocycles. The van der Waals surface area contributed by atoms with E-state index in [4.69, 9.17) is 57.1 Å². The summed E-state index contributed by atoms with van der Waals surface area (Å²) in [4.78, 5) is 111. The summed E-state index contributed by atoms with van der Waals surface area (Å²) in [6, 6.07) is 14.8. The van der Waals surface area contributed by atoms with Crippen molar-refractivity contribution in [1.29, 1.82) is 0 Å². The van der Waals surface area contributed by atoms with Crippen molar-refractivity contribution in [2.75, 3.05) is 155 Å². The second kappa shape index (κ2) is 44.8. The minimum absolute atomic E-state index is 0.0453. The Labute approximate surface area is 826 Å². The number of nitrogens with one attached hydrogen (secondary N) is 6. The Morgan fingerprint density at radius 1 is 0.389 bits per heavy atom. The Hall–Kier alpha value is -17.9. The number of aromatic nitrogens is 21. The zero-order valence-electron chi connectivity index (χ0n) is 77.4. The maximum atomic E-state index is 13.0. The average molecular weight is 2090 g/mol. The standard InChI is InChI=1S/C19H20F3N7O3.C18H18F3N7O2.C18H12F3N7O2.C17H18F3N7O2.C16H14F3N7O2/c20-19(21,22)14-2-4-29-17(26-14)15(16(23)27-29)18(30)25-12-11-24-3-1-13(12)32-10-7-28-5-8-31-9-6-28;1-27-6-3-10(9-27)30-12-2-5-23-8-11(12)24-17(29)14-15(22)26-28-7-4-13(18(19,20)21)25-16(14)28;19-18(20,21)13-4-8-28-16(26-13)14(15(22)27-28)17(29)25-11-9-24-7-3-12(11)30-10-1-5-23-6-2-10;1-26(2)7-8-29-11-3-5-22-9-10(11)23-16(28)13-14(21)25-27-6-4-12(17(18,19)20)24-15(13)27;17-16(18,19)11-2-4-26-14(24-11)12(13(20)25-26)15(27)23-9-7-21-3-1-10(9)28-8-5-22-6-8/h1-4,11H,5-10H2,(H2,23,27)(H,25,30);2,4-5,7-8,10H,3,6,9H2,1H3,(H2,22,26)(H,24,29);1-9H,(H2,22,27)(H,25,29);3-6,9H,7-8H2,1-2H3,(H2,21,25)(H,23,28);1-4,7-8,22H,5-6H2,(H2,20,25)(H,23,27)/t;10-;;;/m.1.../s1. The lowest BCUT2D eigenvalue weighted by molar-refractivity contribution is -0.141. The number of nitrogens with two attached hydrogens (primary N) is 5. The fraction of sp³-hybridized carbons (Fsp3) is 0.261. The van der Waals surface area contributed by atoms with E-state index in [1.165, 1.54) is 80.4 Å². The molecule has 149 heavy (non-hydrogen) atoms. The van der Waals surface area contributed by atoms with Gasteiger partial charge in [-0.2, -0.15) is 65.9 Å². The molecule has 5 amide bonds. The topological polar surface area (TPSA) is 581 Å². The fourth-order valence-electron chi connectivity index (χ4n) is 14.1. The van der Waals surface area contributed by atoms with Gasteiger partial charge in [-0.3, -0.25) is 58.8 Å². The molecule has 0 aliphatic carbocycles. The SMILES string of the molecule is CN(C)CCOc1ccncc1NC(=O)c1c(N)nn2ccc(C(F)(F)F)nc12.CN1CC[C@@H](Oc2ccncc2NC(=O)c2c(N)nn3ccc(C(F)(F)F)nc23)C1.Nc1nn2ccc(C(F)(F)F)nc2c1C(=O)Nc1cnccc1OC1CNC1.Nc1nn2ccc(C(F)(F)F)nc2c1C(=O)Nc1cnccc1OCCN1CCOCC1.Nc1nn2ccc(C(F)(F)F)nc2c1C(=O)Nc1cnccc1Oc1ccncc1. The highest BCUT2D eigenvalue weighted by atomic mass is 19.4. The summed E-state index contributed by atoms with van der Waals surface area (Å²) >= 11 is 0. The van der Waals surface area contributed by atoms with E-state index in [-0.39, 0.29) is 132 Å². The molecule has 3 fully saturated rings. The van der Waals surface area contributed by atoms with Crippen LogP contribution in [0.3, 0.4) is 0 Å². The third-order valence-corrected chi connectivity index (χ3v) is 21.4. The maximum Gasteiger partial charge on any atom is 0.433 e. The van der Waals surface area contributed by atoms with E-state index in [0.29, 0.717) is 81.4 Å². The average Bonchev–Trinajstić information content (AvgIpc) is 1.65. The van der Waals surface area contributed by atoms with Gasteiger partial charge in [0.25, 0.3) is 29.5 Å². The Morgan fingerprint density at radius 2 is 0.678 bits per heavy atom. The molecule has 0 unspecified atom stereocenters. The van der Waals surface area contributed by atoms with Crippen molar-refractivity contribution in [2.24, 2.45) is 0 Å². The summed E-state index contributed by atoms with van der Waals surface area (Å²) in [6.45, 7) is 7.95. The van der Waals surface area contributed by atoms with Gasteiger partial charge in [0.15, 0.2) is 63.1 Å². The molecular weight excluding hydrogens is 2010 g/mol. The van der Waals surface area contributed by atoms with E-state index >= 15 is 0 Å². The highest BCUT2D eigenvalue weighted by molar-refractivity contribution is 6.15. The van der Waals surface area contributed by atoms with Crippen LogP contribution in [0.15, 0.2) is 178 Å². The third kappa shape index (κ3) is 25.9. The molecule has 61 heteroatoms.